The Bertz CT molecular complexity index is 1840. The maximum Gasteiger partial charge on any atom is 0.270 e. The van der Waals surface area contributed by atoms with E-state index in [1.165, 1.54) is 37.4 Å². The lowest BCUT2D eigenvalue weighted by molar-refractivity contribution is 0.0173. The van der Waals surface area contributed by atoms with Gasteiger partial charge in [-0.3, -0.25) is 13.9 Å². The molecule has 0 radical (unpaired) electrons. The molecule has 0 saturated heterocycles. The summed E-state index contributed by atoms with van der Waals surface area (Å²) in [6.45, 7) is 2.86. The van der Waals surface area contributed by atoms with E-state index in [1.54, 1.807) is 12.1 Å². The Kier molecular flexibility index (Phi) is 12.3. The lowest BCUT2D eigenvalue weighted by atomic mass is 9.99. The zero-order valence-electron chi connectivity index (χ0n) is 27.9. The van der Waals surface area contributed by atoms with Gasteiger partial charge in [0.15, 0.2) is 0 Å². The van der Waals surface area contributed by atoms with Crippen LogP contribution in [-0.4, -0.2) is 57.3 Å². The van der Waals surface area contributed by atoms with Crippen molar-refractivity contribution in [2.75, 3.05) is 24.2 Å². The number of nitrogens with one attached hydrogen (secondary N) is 3. The lowest BCUT2D eigenvalue weighted by Crippen LogP contribution is -2.48. The number of carbonyl (C=O) groups is 2. The number of benzene rings is 4. The van der Waals surface area contributed by atoms with Crippen molar-refractivity contribution in [1.29, 1.82) is 0 Å². The number of alkyl halides is 2. The molecule has 0 aliphatic carbocycles. The van der Waals surface area contributed by atoms with E-state index in [1.807, 2.05) is 67.6 Å². The number of rotatable bonds is 15. The zero-order chi connectivity index (χ0) is 35.8. The van der Waals surface area contributed by atoms with Crippen LogP contribution in [0.4, 0.5) is 14.5 Å². The van der Waals surface area contributed by atoms with Gasteiger partial charge in [0.25, 0.3) is 17.7 Å². The topological polar surface area (TPSA) is 128 Å². The van der Waals surface area contributed by atoms with Gasteiger partial charge in [0.1, 0.15) is 0 Å². The monoisotopic (exact) mass is 692 g/mol. The van der Waals surface area contributed by atoms with E-state index in [-0.39, 0.29) is 47.9 Å². The van der Waals surface area contributed by atoms with Gasteiger partial charge in [-0.1, -0.05) is 78.9 Å². The van der Waals surface area contributed by atoms with Crippen molar-refractivity contribution in [3.8, 4) is 0 Å². The van der Waals surface area contributed by atoms with Gasteiger partial charge in [0, 0.05) is 43.8 Å². The normalized spacial score (nSPS) is 13.6. The summed E-state index contributed by atoms with van der Waals surface area (Å²) in [6.07, 6.45) is 0.147. The van der Waals surface area contributed by atoms with Crippen LogP contribution in [-0.2, 0) is 28.9 Å². The van der Waals surface area contributed by atoms with E-state index < -0.39 is 39.9 Å². The van der Waals surface area contributed by atoms with Crippen LogP contribution >= 0.6 is 0 Å². The largest absolute Gasteiger partial charge is 0.390 e. The van der Waals surface area contributed by atoms with Crippen LogP contribution in [0.3, 0.4) is 0 Å². The summed E-state index contributed by atoms with van der Waals surface area (Å²) in [4.78, 5) is 27.2. The van der Waals surface area contributed by atoms with Gasteiger partial charge in [-0.05, 0) is 54.3 Å². The van der Waals surface area contributed by atoms with Crippen molar-refractivity contribution in [3.63, 3.8) is 0 Å². The maximum atomic E-state index is 13.8. The van der Waals surface area contributed by atoms with E-state index in [0.29, 0.717) is 5.56 Å². The molecule has 0 bridgehead atoms. The molecule has 4 aromatic rings. The molecule has 49 heavy (non-hydrogen) atoms. The van der Waals surface area contributed by atoms with Crippen molar-refractivity contribution < 1.29 is 31.9 Å². The molecular weight excluding hydrogens is 650 g/mol. The summed E-state index contributed by atoms with van der Waals surface area (Å²) in [5.41, 5.74) is 2.38. The molecule has 4 N–H and O–H groups in total. The Morgan fingerprint density at radius 2 is 1.41 bits per heavy atom. The molecule has 0 aromatic heterocycles. The number of aliphatic hydroxyl groups is 1. The molecule has 0 unspecified atom stereocenters. The third-order valence-corrected chi connectivity index (χ3v) is 9.35. The van der Waals surface area contributed by atoms with E-state index in [4.69, 9.17) is 0 Å². The molecule has 0 aliphatic rings. The van der Waals surface area contributed by atoms with Gasteiger partial charge in [0.2, 0.25) is 10.0 Å². The fraction of sp³-hybridized carbons (Fsp3) is 0.297. The van der Waals surface area contributed by atoms with Gasteiger partial charge in [0.05, 0.1) is 30.1 Å². The molecule has 2 amide bonds. The number of nitrogens with zero attached hydrogens (tertiary/aromatic N) is 1. The first-order valence-electron chi connectivity index (χ1n) is 15.8. The Balaban J connectivity index is 1.57. The number of hydrogen-bond acceptors (Lipinski definition) is 6. The Morgan fingerprint density at radius 1 is 0.837 bits per heavy atom. The van der Waals surface area contributed by atoms with Gasteiger partial charge in [-0.2, -0.15) is 0 Å². The molecule has 3 atom stereocenters. The molecule has 0 saturated carbocycles. The molecule has 4 rings (SSSR count). The number of halogens is 2. The predicted molar refractivity (Wildman–Crippen MR) is 187 cm³/mol. The van der Waals surface area contributed by atoms with Crippen molar-refractivity contribution in [1.82, 2.24) is 16.0 Å². The SMILES string of the molecule is C[C@@H](NC(=O)c1cc(C(=O)N[C@@H](Cc2ccccc2)[C@H](O)CNCc2cccc(C(C)(F)F)c2)cc(N(C)S(C)(=O)=O)c1)c1ccccc1. The molecular formula is C37H42F2N4O5S. The summed E-state index contributed by atoms with van der Waals surface area (Å²) < 4.78 is 53.5. The minimum atomic E-state index is -3.75. The van der Waals surface area contributed by atoms with Crippen LogP contribution in [0.15, 0.2) is 103 Å². The van der Waals surface area contributed by atoms with Crippen LogP contribution in [0.5, 0.6) is 0 Å². The summed E-state index contributed by atoms with van der Waals surface area (Å²) >= 11 is 0. The van der Waals surface area contributed by atoms with E-state index >= 15 is 0 Å². The summed E-state index contributed by atoms with van der Waals surface area (Å²) in [6, 6.07) is 27.5. The average molecular weight is 693 g/mol. The first-order chi connectivity index (χ1) is 23.1. The Hall–Kier alpha value is -4.65. The number of sulfonamides is 1. The van der Waals surface area contributed by atoms with Crippen LogP contribution in [0.2, 0.25) is 0 Å². The highest BCUT2D eigenvalue weighted by Gasteiger charge is 2.26. The van der Waals surface area contributed by atoms with Crippen LogP contribution in [0.25, 0.3) is 0 Å². The molecule has 0 spiro atoms. The van der Waals surface area contributed by atoms with E-state index in [2.05, 4.69) is 16.0 Å². The fourth-order valence-electron chi connectivity index (χ4n) is 5.22. The van der Waals surface area contributed by atoms with E-state index in [0.717, 1.165) is 28.6 Å². The molecule has 12 heteroatoms. The quantitative estimate of drug-likeness (QED) is 0.136. The van der Waals surface area contributed by atoms with Crippen molar-refractivity contribution in [3.05, 3.63) is 137 Å². The Labute approximate surface area is 286 Å². The lowest BCUT2D eigenvalue weighted by Gasteiger charge is -2.26. The molecule has 4 aromatic carbocycles. The second-order valence-electron chi connectivity index (χ2n) is 12.2. The molecule has 0 heterocycles. The highest BCUT2D eigenvalue weighted by molar-refractivity contribution is 7.92. The highest BCUT2D eigenvalue weighted by Crippen LogP contribution is 2.27. The molecule has 0 fully saturated rings. The van der Waals surface area contributed by atoms with Crippen molar-refractivity contribution >= 4 is 27.5 Å². The molecule has 260 valence electrons. The first-order valence-corrected chi connectivity index (χ1v) is 17.6. The Morgan fingerprint density at radius 3 is 2.00 bits per heavy atom. The number of hydrogen-bond donors (Lipinski definition) is 4. The summed E-state index contributed by atoms with van der Waals surface area (Å²) in [7, 11) is -2.42. The standard InChI is InChI=1S/C37H42F2N4O5S/c1-25(28-15-9-6-10-16-28)41-35(45)29-20-30(22-32(21-29)43(3)49(4,47)48)36(46)42-33(19-26-12-7-5-8-13-26)34(44)24-40-23-27-14-11-17-31(18-27)37(2,38)39/h5-18,20-22,25,33-34,40,44H,19,23-24H2,1-4H3,(H,41,45)(H,42,46)/t25-,33+,34-/m1/s1. The van der Waals surface area contributed by atoms with Gasteiger partial charge in [-0.25, -0.2) is 17.2 Å². The minimum absolute atomic E-state index is 0.0149. The minimum Gasteiger partial charge on any atom is -0.390 e. The van der Waals surface area contributed by atoms with E-state index in [9.17, 15) is 31.9 Å². The number of aliphatic hydroxyl groups excluding tert-OH is 1. The van der Waals surface area contributed by atoms with Crippen LogP contribution < -0.4 is 20.3 Å². The second kappa shape index (κ2) is 16.2. The number of carbonyl (C=O) groups excluding carboxylic acids is 2. The van der Waals surface area contributed by atoms with Crippen LogP contribution in [0.1, 0.15) is 62.9 Å². The maximum absolute atomic E-state index is 13.8. The van der Waals surface area contributed by atoms with Crippen LogP contribution in [0, 0.1) is 0 Å². The predicted octanol–water partition coefficient (Wildman–Crippen LogP) is 5.18. The third kappa shape index (κ3) is 10.7. The molecule has 0 aliphatic heterocycles. The van der Waals surface area contributed by atoms with Gasteiger partial charge < -0.3 is 21.1 Å². The average Bonchev–Trinajstić information content (AvgIpc) is 3.07. The number of anilines is 1. The smallest absolute Gasteiger partial charge is 0.270 e. The zero-order valence-corrected chi connectivity index (χ0v) is 28.7. The van der Waals surface area contributed by atoms with Crippen molar-refractivity contribution in [2.24, 2.45) is 0 Å². The third-order valence-electron chi connectivity index (χ3n) is 8.15. The summed E-state index contributed by atoms with van der Waals surface area (Å²) in [5.74, 6) is -4.13. The van der Waals surface area contributed by atoms with Gasteiger partial charge in [-0.15, -0.1) is 0 Å². The fourth-order valence-corrected chi connectivity index (χ4v) is 5.70. The number of amides is 2. The highest BCUT2D eigenvalue weighted by atomic mass is 32.2. The second-order valence-corrected chi connectivity index (χ2v) is 14.2. The van der Waals surface area contributed by atoms with Gasteiger partial charge >= 0.3 is 0 Å². The molecule has 9 nitrogen and oxygen atoms in total. The first kappa shape index (κ1) is 37.2. The van der Waals surface area contributed by atoms with Crippen molar-refractivity contribution in [2.45, 2.75) is 50.9 Å². The summed E-state index contributed by atoms with van der Waals surface area (Å²) in [5, 5.41) is 20.1.